The van der Waals surface area contributed by atoms with Crippen LogP contribution in [0.1, 0.15) is 18.4 Å². The van der Waals surface area contributed by atoms with E-state index in [0.29, 0.717) is 12.4 Å². The van der Waals surface area contributed by atoms with Crippen molar-refractivity contribution in [2.45, 2.75) is 19.4 Å². The van der Waals surface area contributed by atoms with Crippen LogP contribution in [0.3, 0.4) is 0 Å². The van der Waals surface area contributed by atoms with E-state index in [-0.39, 0.29) is 0 Å². The number of nitrogens with zero attached hydrogens (tertiary/aromatic N) is 1. The molecule has 0 aromatic carbocycles. The molecule has 1 aliphatic rings. The molecule has 0 atom stereocenters. The normalized spacial score (nSPS) is 16.0. The monoisotopic (exact) mass is 178 g/mol. The molecule has 3 nitrogen and oxygen atoms in total. The second-order valence-corrected chi connectivity index (χ2v) is 3.55. The highest BCUT2D eigenvalue weighted by atomic mass is 16.5. The fourth-order valence-electron chi connectivity index (χ4n) is 1.21. The highest BCUT2D eigenvalue weighted by molar-refractivity contribution is 5.31. The average molecular weight is 178 g/mol. The van der Waals surface area contributed by atoms with Crippen LogP contribution in [0.2, 0.25) is 0 Å². The van der Waals surface area contributed by atoms with E-state index < -0.39 is 0 Å². The van der Waals surface area contributed by atoms with Crippen molar-refractivity contribution in [1.82, 2.24) is 4.98 Å². The summed E-state index contributed by atoms with van der Waals surface area (Å²) in [5.74, 6) is 1.38. The van der Waals surface area contributed by atoms with E-state index in [0.717, 1.165) is 18.1 Å². The van der Waals surface area contributed by atoms with Gasteiger partial charge in [0.2, 0.25) is 0 Å². The van der Waals surface area contributed by atoms with E-state index in [2.05, 4.69) is 4.98 Å². The molecule has 3 heteroatoms. The van der Waals surface area contributed by atoms with Gasteiger partial charge in [0, 0.05) is 12.8 Å². The largest absolute Gasteiger partial charge is 0.384 e. The number of nitrogens with two attached hydrogens (primary N) is 1. The zero-order valence-electron chi connectivity index (χ0n) is 7.57. The molecule has 0 unspecified atom stereocenters. The first kappa shape index (κ1) is 8.51. The van der Waals surface area contributed by atoms with E-state index in [4.69, 9.17) is 10.5 Å². The molecular weight excluding hydrogens is 164 g/mol. The van der Waals surface area contributed by atoms with Crippen molar-refractivity contribution in [3.05, 3.63) is 23.9 Å². The van der Waals surface area contributed by atoms with Crippen LogP contribution in [-0.2, 0) is 11.3 Å². The molecule has 2 rings (SSSR count). The first-order valence-electron chi connectivity index (χ1n) is 4.63. The smallest absolute Gasteiger partial charge is 0.123 e. The number of pyridine rings is 1. The minimum absolute atomic E-state index is 0.563. The number of nitrogen functional groups attached to an aromatic ring is 1. The van der Waals surface area contributed by atoms with E-state index in [9.17, 15) is 0 Å². The summed E-state index contributed by atoms with van der Waals surface area (Å²) in [6, 6.07) is 3.79. The molecule has 0 radical (unpaired) electrons. The Hall–Kier alpha value is -1.09. The molecule has 13 heavy (non-hydrogen) atoms. The third kappa shape index (κ3) is 2.70. The first-order chi connectivity index (χ1) is 6.34. The van der Waals surface area contributed by atoms with Gasteiger partial charge in [0.15, 0.2) is 0 Å². The van der Waals surface area contributed by atoms with Crippen LogP contribution < -0.4 is 5.73 Å². The van der Waals surface area contributed by atoms with Crippen LogP contribution in [0.5, 0.6) is 0 Å². The van der Waals surface area contributed by atoms with Gasteiger partial charge in [-0.25, -0.2) is 4.98 Å². The number of rotatable bonds is 4. The van der Waals surface area contributed by atoms with Gasteiger partial charge in [-0.05, 0) is 36.5 Å². The van der Waals surface area contributed by atoms with Gasteiger partial charge in [0.05, 0.1) is 6.61 Å². The molecule has 0 bridgehead atoms. The molecule has 0 spiro atoms. The van der Waals surface area contributed by atoms with E-state index >= 15 is 0 Å². The maximum absolute atomic E-state index is 5.54. The molecular formula is C10H14N2O. The second-order valence-electron chi connectivity index (χ2n) is 3.55. The van der Waals surface area contributed by atoms with Gasteiger partial charge >= 0.3 is 0 Å². The maximum atomic E-state index is 5.54. The fraction of sp³-hybridized carbons (Fsp3) is 0.500. The summed E-state index contributed by atoms with van der Waals surface area (Å²) in [7, 11) is 0. The predicted molar refractivity (Wildman–Crippen MR) is 51.0 cm³/mol. The molecule has 1 saturated carbocycles. The third-order valence-corrected chi connectivity index (χ3v) is 2.16. The lowest BCUT2D eigenvalue weighted by atomic mass is 10.3. The van der Waals surface area contributed by atoms with Gasteiger partial charge in [0.25, 0.3) is 0 Å². The Bertz CT molecular complexity index is 284. The quantitative estimate of drug-likeness (QED) is 0.761. The van der Waals surface area contributed by atoms with Gasteiger partial charge in [0.1, 0.15) is 5.82 Å². The number of ether oxygens (including phenoxy) is 1. The number of hydrogen-bond acceptors (Lipinski definition) is 3. The zero-order chi connectivity index (χ0) is 9.10. The number of aromatic nitrogens is 1. The Morgan fingerprint density at radius 3 is 3.08 bits per heavy atom. The summed E-state index contributed by atoms with van der Waals surface area (Å²) in [6.07, 6.45) is 4.38. The lowest BCUT2D eigenvalue weighted by Gasteiger charge is -2.03. The summed E-state index contributed by atoms with van der Waals surface area (Å²) in [5.41, 5.74) is 6.64. The zero-order valence-corrected chi connectivity index (χ0v) is 7.57. The van der Waals surface area contributed by atoms with Crippen LogP contribution >= 0.6 is 0 Å². The van der Waals surface area contributed by atoms with Crippen LogP contribution in [0.4, 0.5) is 5.82 Å². The molecule has 1 fully saturated rings. The van der Waals surface area contributed by atoms with Gasteiger partial charge in [-0.3, -0.25) is 0 Å². The summed E-state index contributed by atoms with van der Waals surface area (Å²) in [5, 5.41) is 0. The lowest BCUT2D eigenvalue weighted by Crippen LogP contribution is -1.98. The Balaban J connectivity index is 1.79. The van der Waals surface area contributed by atoms with Gasteiger partial charge < -0.3 is 10.5 Å². The summed E-state index contributed by atoms with van der Waals surface area (Å²) in [4.78, 5) is 3.92. The fourth-order valence-corrected chi connectivity index (χ4v) is 1.21. The van der Waals surface area contributed by atoms with Crippen molar-refractivity contribution in [1.29, 1.82) is 0 Å². The van der Waals surface area contributed by atoms with E-state index in [1.807, 2.05) is 12.1 Å². The molecule has 1 heterocycles. The van der Waals surface area contributed by atoms with Crippen LogP contribution in [0, 0.1) is 5.92 Å². The average Bonchev–Trinajstić information content (AvgIpc) is 2.88. The van der Waals surface area contributed by atoms with Gasteiger partial charge in [-0.1, -0.05) is 0 Å². The molecule has 0 aliphatic heterocycles. The van der Waals surface area contributed by atoms with Crippen molar-refractivity contribution < 1.29 is 4.74 Å². The minimum atomic E-state index is 0.563. The van der Waals surface area contributed by atoms with Crippen molar-refractivity contribution in [2.24, 2.45) is 5.92 Å². The highest BCUT2D eigenvalue weighted by Gasteiger charge is 2.20. The molecule has 2 N–H and O–H groups in total. The van der Waals surface area contributed by atoms with Crippen LogP contribution in [0.25, 0.3) is 0 Å². The summed E-state index contributed by atoms with van der Waals surface area (Å²) < 4.78 is 5.52. The Kier molecular flexibility index (Phi) is 2.45. The van der Waals surface area contributed by atoms with Crippen molar-refractivity contribution in [2.75, 3.05) is 12.3 Å². The van der Waals surface area contributed by atoms with Crippen LogP contribution in [-0.4, -0.2) is 11.6 Å². The van der Waals surface area contributed by atoms with Crippen LogP contribution in [0.15, 0.2) is 18.3 Å². The number of hydrogen-bond donors (Lipinski definition) is 1. The SMILES string of the molecule is Nc1cc(COCC2CC2)ccn1. The Labute approximate surface area is 77.9 Å². The lowest BCUT2D eigenvalue weighted by molar-refractivity contribution is 0.111. The van der Waals surface area contributed by atoms with Crippen molar-refractivity contribution in [3.8, 4) is 0 Å². The van der Waals surface area contributed by atoms with E-state index in [1.54, 1.807) is 6.20 Å². The highest BCUT2D eigenvalue weighted by Crippen LogP contribution is 2.29. The Morgan fingerprint density at radius 2 is 2.38 bits per heavy atom. The molecule has 1 aromatic rings. The van der Waals surface area contributed by atoms with Gasteiger partial charge in [-0.2, -0.15) is 0 Å². The maximum Gasteiger partial charge on any atom is 0.123 e. The minimum Gasteiger partial charge on any atom is -0.384 e. The van der Waals surface area contributed by atoms with Crippen molar-refractivity contribution in [3.63, 3.8) is 0 Å². The summed E-state index contributed by atoms with van der Waals surface area (Å²) in [6.45, 7) is 1.55. The van der Waals surface area contributed by atoms with E-state index in [1.165, 1.54) is 12.8 Å². The summed E-state index contributed by atoms with van der Waals surface area (Å²) >= 11 is 0. The first-order valence-corrected chi connectivity index (χ1v) is 4.63. The molecule has 0 saturated heterocycles. The predicted octanol–water partition coefficient (Wildman–Crippen LogP) is 1.59. The van der Waals surface area contributed by atoms with Gasteiger partial charge in [-0.15, -0.1) is 0 Å². The second kappa shape index (κ2) is 3.75. The van der Waals surface area contributed by atoms with Crippen molar-refractivity contribution >= 4 is 5.82 Å². The third-order valence-electron chi connectivity index (χ3n) is 2.16. The molecule has 70 valence electrons. The standard InChI is InChI=1S/C10H14N2O/c11-10-5-9(3-4-12-10)7-13-6-8-1-2-8/h3-5,8H,1-2,6-7H2,(H2,11,12). The number of anilines is 1. The molecule has 1 aromatic heterocycles. The topological polar surface area (TPSA) is 48.1 Å². The molecule has 1 aliphatic carbocycles. The Morgan fingerprint density at radius 1 is 1.54 bits per heavy atom. The molecule has 0 amide bonds.